The Labute approximate surface area is 142 Å². The molecule has 0 spiro atoms. The maximum Gasteiger partial charge on any atom is 0.472 e. The number of phosphoric ester groups is 1. The van der Waals surface area contributed by atoms with E-state index in [2.05, 4.69) is 19.5 Å². The molecule has 12 nitrogen and oxygen atoms in total. The molecule has 0 aliphatic heterocycles. The van der Waals surface area contributed by atoms with Gasteiger partial charge in [0.05, 0.1) is 25.6 Å². The molecular formula is C12H20N5O7P. The van der Waals surface area contributed by atoms with Gasteiger partial charge in [-0.2, -0.15) is 4.98 Å². The fourth-order valence-corrected chi connectivity index (χ4v) is 2.52. The number of phosphoric acid groups is 1. The van der Waals surface area contributed by atoms with Crippen molar-refractivity contribution in [3.8, 4) is 0 Å². The maximum absolute atomic E-state index is 11.8. The summed E-state index contributed by atoms with van der Waals surface area (Å²) in [5, 5.41) is 9.63. The van der Waals surface area contributed by atoms with Gasteiger partial charge in [-0.15, -0.1) is 0 Å². The third-order valence-electron chi connectivity index (χ3n) is 3.38. The monoisotopic (exact) mass is 377 g/mol. The van der Waals surface area contributed by atoms with E-state index in [1.54, 1.807) is 6.92 Å². The molecule has 0 bridgehead atoms. The highest BCUT2D eigenvalue weighted by atomic mass is 31.2. The molecule has 0 saturated heterocycles. The number of rotatable bonds is 9. The van der Waals surface area contributed by atoms with E-state index >= 15 is 0 Å². The van der Waals surface area contributed by atoms with Crippen LogP contribution in [0.15, 0.2) is 11.1 Å². The second-order valence-corrected chi connectivity index (χ2v) is 6.59. The van der Waals surface area contributed by atoms with Gasteiger partial charge in [0.25, 0.3) is 5.56 Å². The van der Waals surface area contributed by atoms with E-state index in [9.17, 15) is 19.4 Å². The molecule has 0 fully saturated rings. The summed E-state index contributed by atoms with van der Waals surface area (Å²) >= 11 is 0. The molecule has 2 rings (SSSR count). The lowest BCUT2D eigenvalue weighted by atomic mass is 10.3. The van der Waals surface area contributed by atoms with E-state index in [0.717, 1.165) is 7.11 Å². The Morgan fingerprint density at radius 3 is 2.84 bits per heavy atom. The van der Waals surface area contributed by atoms with Gasteiger partial charge in [-0.25, -0.2) is 9.55 Å². The number of imidazole rings is 1. The summed E-state index contributed by atoms with van der Waals surface area (Å²) in [5.74, 6) is -0.104. The van der Waals surface area contributed by atoms with Crippen LogP contribution in [0.5, 0.6) is 0 Å². The van der Waals surface area contributed by atoms with Gasteiger partial charge in [0.2, 0.25) is 5.95 Å². The van der Waals surface area contributed by atoms with Crippen LogP contribution in [0.2, 0.25) is 0 Å². The zero-order chi connectivity index (χ0) is 18.6. The molecule has 3 atom stereocenters. The van der Waals surface area contributed by atoms with Crippen molar-refractivity contribution in [3.05, 3.63) is 16.7 Å². The molecular weight excluding hydrogens is 357 g/mol. The van der Waals surface area contributed by atoms with Crippen LogP contribution in [-0.2, 0) is 18.3 Å². The van der Waals surface area contributed by atoms with Crippen LogP contribution >= 0.6 is 7.82 Å². The van der Waals surface area contributed by atoms with Crippen molar-refractivity contribution >= 4 is 24.9 Å². The van der Waals surface area contributed by atoms with Crippen LogP contribution in [0.1, 0.15) is 19.6 Å². The maximum atomic E-state index is 11.8. The Morgan fingerprint density at radius 2 is 2.24 bits per heavy atom. The summed E-state index contributed by atoms with van der Waals surface area (Å²) < 4.78 is 27.5. The first-order valence-corrected chi connectivity index (χ1v) is 8.82. The number of H-pyrrole nitrogens is 1. The van der Waals surface area contributed by atoms with E-state index in [0.29, 0.717) is 6.42 Å². The molecule has 140 valence electrons. The molecule has 1 unspecified atom stereocenters. The lowest BCUT2D eigenvalue weighted by Crippen LogP contribution is -2.27. The average Bonchev–Trinajstić information content (AvgIpc) is 2.99. The molecule has 13 heteroatoms. The van der Waals surface area contributed by atoms with Gasteiger partial charge in [-0.1, -0.05) is 6.92 Å². The zero-order valence-corrected chi connectivity index (χ0v) is 14.5. The molecule has 5 N–H and O–H groups in total. The van der Waals surface area contributed by atoms with Gasteiger partial charge >= 0.3 is 7.82 Å². The molecule has 2 aromatic rings. The summed E-state index contributed by atoms with van der Waals surface area (Å²) in [6.07, 6.45) is 0.119. The Balaban J connectivity index is 2.21. The van der Waals surface area contributed by atoms with Gasteiger partial charge in [0.15, 0.2) is 17.4 Å². The van der Waals surface area contributed by atoms with Crippen molar-refractivity contribution in [2.45, 2.75) is 25.7 Å². The largest absolute Gasteiger partial charge is 0.472 e. The van der Waals surface area contributed by atoms with E-state index in [-0.39, 0.29) is 23.7 Å². The van der Waals surface area contributed by atoms with Gasteiger partial charge in [0, 0.05) is 7.11 Å². The third-order valence-corrected chi connectivity index (χ3v) is 4.31. The molecule has 0 aromatic carbocycles. The van der Waals surface area contributed by atoms with Gasteiger partial charge < -0.3 is 20.5 Å². The number of ether oxygens (including phenoxy) is 1. The van der Waals surface area contributed by atoms with Gasteiger partial charge in [0.1, 0.15) is 0 Å². The predicted molar refractivity (Wildman–Crippen MR) is 86.6 cm³/mol. The molecule has 0 amide bonds. The topological polar surface area (TPSA) is 175 Å². The van der Waals surface area contributed by atoms with Crippen molar-refractivity contribution in [2.75, 3.05) is 26.1 Å². The Kier molecular flexibility index (Phi) is 6.27. The number of anilines is 1. The van der Waals surface area contributed by atoms with Crippen molar-refractivity contribution in [1.82, 2.24) is 19.5 Å². The number of aliphatic hydroxyl groups excluding tert-OH is 1. The second kappa shape index (κ2) is 8.04. The summed E-state index contributed by atoms with van der Waals surface area (Å²) in [5.41, 5.74) is 5.19. The number of hydrogen-bond donors (Lipinski definition) is 4. The summed E-state index contributed by atoms with van der Waals surface area (Å²) in [6, 6.07) is 0. The molecule has 0 radical (unpaired) electrons. The van der Waals surface area contributed by atoms with Crippen molar-refractivity contribution < 1.29 is 28.3 Å². The van der Waals surface area contributed by atoms with Crippen molar-refractivity contribution in [1.29, 1.82) is 0 Å². The highest BCUT2D eigenvalue weighted by Gasteiger charge is 2.24. The molecule has 25 heavy (non-hydrogen) atoms. The highest BCUT2D eigenvalue weighted by molar-refractivity contribution is 7.47. The minimum absolute atomic E-state index is 0.0415. The minimum Gasteiger partial charge on any atom is -0.392 e. The first-order chi connectivity index (χ1) is 11.8. The number of hydrogen-bond acceptors (Lipinski definition) is 9. The molecule has 0 saturated carbocycles. The summed E-state index contributed by atoms with van der Waals surface area (Å²) in [4.78, 5) is 31.3. The molecule has 2 heterocycles. The van der Waals surface area contributed by atoms with E-state index in [4.69, 9.17) is 15.0 Å². The number of fused-ring (bicyclic) bond motifs is 1. The number of nitrogens with zero attached hydrogens (tertiary/aromatic N) is 3. The third kappa shape index (κ3) is 4.63. The van der Waals surface area contributed by atoms with Gasteiger partial charge in [-0.3, -0.25) is 23.4 Å². The fraction of sp³-hybridized carbons (Fsp3) is 0.583. The number of aromatic amines is 1. The van der Waals surface area contributed by atoms with Crippen molar-refractivity contribution in [3.63, 3.8) is 0 Å². The molecule has 2 aromatic heterocycles. The van der Waals surface area contributed by atoms with E-state index in [1.807, 2.05) is 0 Å². The van der Waals surface area contributed by atoms with Crippen LogP contribution in [0.4, 0.5) is 5.95 Å². The average molecular weight is 377 g/mol. The normalized spacial score (nSPS) is 16.6. The number of nitrogens with one attached hydrogen (secondary N) is 1. The van der Waals surface area contributed by atoms with Crippen LogP contribution in [0.25, 0.3) is 11.2 Å². The first kappa shape index (κ1) is 19.5. The first-order valence-electron chi connectivity index (χ1n) is 7.33. The Morgan fingerprint density at radius 1 is 1.52 bits per heavy atom. The van der Waals surface area contributed by atoms with E-state index < -0.39 is 32.3 Å². The molecule has 0 aliphatic rings. The standard InChI is InChI=1S/C12H20N5O7P/c1-3-7(5-23-25(20,21)22-2)24-8(4-18)17-6-14-9-10(17)15-12(13)16-11(9)19/h6-8,18H,3-5H2,1-2H3,(H,20,21)(H3,13,15,16,19)/t7-,8-/m1/s1. The minimum atomic E-state index is -4.14. The lowest BCUT2D eigenvalue weighted by Gasteiger charge is -2.24. The predicted octanol–water partition coefficient (Wildman–Crippen LogP) is -0.249. The summed E-state index contributed by atoms with van der Waals surface area (Å²) in [6.45, 7) is 1.07. The van der Waals surface area contributed by atoms with E-state index in [1.165, 1.54) is 10.9 Å². The zero-order valence-electron chi connectivity index (χ0n) is 13.7. The Bertz CT molecular complexity index is 822. The van der Waals surface area contributed by atoms with Crippen LogP contribution < -0.4 is 11.3 Å². The van der Waals surface area contributed by atoms with Crippen molar-refractivity contribution in [2.24, 2.45) is 0 Å². The quantitative estimate of drug-likeness (QED) is 0.426. The second-order valence-electron chi connectivity index (χ2n) is 5.03. The Hall–Kier alpha value is -1.82. The number of aromatic nitrogens is 4. The highest BCUT2D eigenvalue weighted by Crippen LogP contribution is 2.42. The van der Waals surface area contributed by atoms with Crippen LogP contribution in [-0.4, -0.2) is 55.9 Å². The van der Waals surface area contributed by atoms with Crippen LogP contribution in [0, 0.1) is 0 Å². The SMILES string of the molecule is CC[C@H](COP(=O)(O)OC)O[C@H](CO)n1cnc2c(=O)[nH]c(N)nc21. The fourth-order valence-electron chi connectivity index (χ4n) is 2.06. The van der Waals surface area contributed by atoms with Crippen LogP contribution in [0.3, 0.4) is 0 Å². The summed E-state index contributed by atoms with van der Waals surface area (Å²) in [7, 11) is -3.09. The van der Waals surface area contributed by atoms with Gasteiger partial charge in [-0.05, 0) is 6.42 Å². The number of nitrogens with two attached hydrogens (primary N) is 1. The molecule has 0 aliphatic carbocycles. The number of nitrogen functional groups attached to an aromatic ring is 1. The lowest BCUT2D eigenvalue weighted by molar-refractivity contribution is -0.0947. The smallest absolute Gasteiger partial charge is 0.392 e. The number of aliphatic hydroxyl groups is 1.